The number of carbonyl (C=O) groups is 1. The average Bonchev–Trinajstić information content (AvgIpc) is 2.56. The van der Waals surface area contributed by atoms with E-state index < -0.39 is 6.09 Å². The number of rotatable bonds is 3. The van der Waals surface area contributed by atoms with E-state index in [0.29, 0.717) is 19.7 Å². The van der Waals surface area contributed by atoms with Crippen LogP contribution in [0, 0.1) is 0 Å². The standard InChI is InChI=1S/C18H25NO4/c1-2-22-15-12-16(14-6-4-3-5-7-14)23-18(13-15)8-10-19(11-9-18)17(20)21/h3-7,15-16H,2,8-13H2,1H3,(H,20,21)/t15-,16-/m1/s1. The highest BCUT2D eigenvalue weighted by atomic mass is 16.5. The number of amides is 1. The molecule has 2 fully saturated rings. The Bertz CT molecular complexity index is 525. The number of hydrogen-bond donors (Lipinski definition) is 1. The molecule has 1 spiro atoms. The summed E-state index contributed by atoms with van der Waals surface area (Å²) in [6, 6.07) is 10.3. The Hall–Kier alpha value is -1.59. The molecule has 0 aliphatic carbocycles. The summed E-state index contributed by atoms with van der Waals surface area (Å²) in [6.07, 6.45) is 2.57. The first-order valence-electron chi connectivity index (χ1n) is 8.44. The van der Waals surface area contributed by atoms with Gasteiger partial charge in [-0.2, -0.15) is 0 Å². The smallest absolute Gasteiger partial charge is 0.407 e. The summed E-state index contributed by atoms with van der Waals surface area (Å²) < 4.78 is 12.4. The van der Waals surface area contributed by atoms with Crippen molar-refractivity contribution < 1.29 is 19.4 Å². The van der Waals surface area contributed by atoms with Gasteiger partial charge in [0.05, 0.1) is 17.8 Å². The third-order valence-corrected chi connectivity index (χ3v) is 4.99. The highest BCUT2D eigenvalue weighted by molar-refractivity contribution is 5.65. The normalized spacial score (nSPS) is 27.1. The van der Waals surface area contributed by atoms with Gasteiger partial charge >= 0.3 is 6.09 Å². The van der Waals surface area contributed by atoms with Crippen molar-refractivity contribution in [3.8, 4) is 0 Å². The molecule has 126 valence electrons. The monoisotopic (exact) mass is 319 g/mol. The second-order valence-corrected chi connectivity index (χ2v) is 6.49. The molecule has 1 amide bonds. The van der Waals surface area contributed by atoms with Crippen LogP contribution in [-0.4, -0.2) is 47.5 Å². The van der Waals surface area contributed by atoms with Crippen LogP contribution in [0.3, 0.4) is 0 Å². The van der Waals surface area contributed by atoms with Gasteiger partial charge in [-0.3, -0.25) is 0 Å². The molecule has 2 atom stereocenters. The van der Waals surface area contributed by atoms with E-state index in [1.807, 2.05) is 25.1 Å². The zero-order valence-electron chi connectivity index (χ0n) is 13.6. The largest absolute Gasteiger partial charge is 0.465 e. The number of likely N-dealkylation sites (tertiary alicyclic amines) is 1. The van der Waals surface area contributed by atoms with Crippen LogP contribution in [0.1, 0.15) is 44.3 Å². The zero-order chi connectivity index (χ0) is 16.3. The Morgan fingerprint density at radius 3 is 2.65 bits per heavy atom. The minimum Gasteiger partial charge on any atom is -0.465 e. The highest BCUT2D eigenvalue weighted by Gasteiger charge is 2.45. The minimum absolute atomic E-state index is 0.0258. The Kier molecular flexibility index (Phi) is 4.87. The maximum atomic E-state index is 11.1. The molecule has 2 heterocycles. The van der Waals surface area contributed by atoms with Gasteiger partial charge in [-0.1, -0.05) is 30.3 Å². The summed E-state index contributed by atoms with van der Waals surface area (Å²) in [5.74, 6) is 0. The van der Waals surface area contributed by atoms with Gasteiger partial charge < -0.3 is 19.5 Å². The molecule has 2 aliphatic heterocycles. The van der Waals surface area contributed by atoms with Crippen molar-refractivity contribution in [3.05, 3.63) is 35.9 Å². The molecule has 2 saturated heterocycles. The number of ether oxygens (including phenoxy) is 2. The van der Waals surface area contributed by atoms with Crippen molar-refractivity contribution in [3.63, 3.8) is 0 Å². The molecular weight excluding hydrogens is 294 g/mol. The van der Waals surface area contributed by atoms with E-state index in [0.717, 1.165) is 25.7 Å². The summed E-state index contributed by atoms with van der Waals surface area (Å²) in [4.78, 5) is 12.6. The second kappa shape index (κ2) is 6.89. The molecule has 1 N–H and O–H groups in total. The molecule has 0 aromatic heterocycles. The molecule has 0 bridgehead atoms. The predicted molar refractivity (Wildman–Crippen MR) is 86.5 cm³/mol. The molecule has 3 rings (SSSR count). The first kappa shape index (κ1) is 16.3. The van der Waals surface area contributed by atoms with E-state index in [2.05, 4.69) is 12.1 Å². The van der Waals surface area contributed by atoms with E-state index in [1.165, 1.54) is 10.5 Å². The van der Waals surface area contributed by atoms with Crippen LogP contribution < -0.4 is 0 Å². The van der Waals surface area contributed by atoms with E-state index in [4.69, 9.17) is 14.6 Å². The van der Waals surface area contributed by atoms with Gasteiger partial charge in [0, 0.05) is 32.5 Å². The molecule has 0 saturated carbocycles. The number of nitrogens with zero attached hydrogens (tertiary/aromatic N) is 1. The van der Waals surface area contributed by atoms with Crippen LogP contribution in [-0.2, 0) is 9.47 Å². The summed E-state index contributed by atoms with van der Waals surface area (Å²) in [5, 5.41) is 9.15. The number of benzene rings is 1. The summed E-state index contributed by atoms with van der Waals surface area (Å²) in [6.45, 7) is 3.79. The molecule has 1 aromatic carbocycles. The Morgan fingerprint density at radius 2 is 2.04 bits per heavy atom. The van der Waals surface area contributed by atoms with Crippen LogP contribution >= 0.6 is 0 Å². The molecule has 23 heavy (non-hydrogen) atoms. The van der Waals surface area contributed by atoms with Crippen molar-refractivity contribution in [2.45, 2.75) is 50.4 Å². The van der Waals surface area contributed by atoms with Crippen molar-refractivity contribution in [1.29, 1.82) is 0 Å². The van der Waals surface area contributed by atoms with Crippen LogP contribution in [0.2, 0.25) is 0 Å². The zero-order valence-corrected chi connectivity index (χ0v) is 13.6. The molecule has 1 aromatic rings. The van der Waals surface area contributed by atoms with Gasteiger partial charge in [-0.25, -0.2) is 4.79 Å². The predicted octanol–water partition coefficient (Wildman–Crippen LogP) is 3.46. The lowest BCUT2D eigenvalue weighted by molar-refractivity contribution is -0.191. The summed E-state index contributed by atoms with van der Waals surface area (Å²) in [5.41, 5.74) is 0.918. The van der Waals surface area contributed by atoms with Gasteiger partial charge in [0.1, 0.15) is 0 Å². The fourth-order valence-corrected chi connectivity index (χ4v) is 3.80. The lowest BCUT2D eigenvalue weighted by Gasteiger charge is -2.48. The average molecular weight is 319 g/mol. The molecule has 0 unspecified atom stereocenters. The van der Waals surface area contributed by atoms with Gasteiger partial charge in [-0.15, -0.1) is 0 Å². The summed E-state index contributed by atoms with van der Waals surface area (Å²) in [7, 11) is 0. The lowest BCUT2D eigenvalue weighted by atomic mass is 9.81. The van der Waals surface area contributed by atoms with Crippen LogP contribution in [0.25, 0.3) is 0 Å². The Labute approximate surface area is 137 Å². The fraction of sp³-hybridized carbons (Fsp3) is 0.611. The number of piperidine rings is 1. The number of hydrogen-bond acceptors (Lipinski definition) is 3. The van der Waals surface area contributed by atoms with Gasteiger partial charge in [0.15, 0.2) is 0 Å². The van der Waals surface area contributed by atoms with E-state index >= 15 is 0 Å². The SMILES string of the molecule is CCO[C@@H]1C[C@H](c2ccccc2)OC2(CCN(C(=O)O)CC2)C1. The first-order chi connectivity index (χ1) is 11.1. The molecular formula is C18H25NO4. The Balaban J connectivity index is 1.76. The van der Waals surface area contributed by atoms with Gasteiger partial charge in [-0.05, 0) is 25.3 Å². The quantitative estimate of drug-likeness (QED) is 0.927. The van der Waals surface area contributed by atoms with Crippen LogP contribution in [0.15, 0.2) is 30.3 Å². The number of carboxylic acid groups (broad SMARTS) is 1. The third-order valence-electron chi connectivity index (χ3n) is 4.99. The van der Waals surface area contributed by atoms with Crippen LogP contribution in [0.4, 0.5) is 4.79 Å². The van der Waals surface area contributed by atoms with Crippen molar-refractivity contribution in [2.24, 2.45) is 0 Å². The van der Waals surface area contributed by atoms with E-state index in [9.17, 15) is 4.79 Å². The Morgan fingerprint density at radius 1 is 1.35 bits per heavy atom. The maximum absolute atomic E-state index is 11.1. The first-order valence-corrected chi connectivity index (χ1v) is 8.44. The third kappa shape index (κ3) is 3.67. The molecule has 5 nitrogen and oxygen atoms in total. The van der Waals surface area contributed by atoms with Crippen molar-refractivity contribution in [1.82, 2.24) is 4.90 Å². The maximum Gasteiger partial charge on any atom is 0.407 e. The fourth-order valence-electron chi connectivity index (χ4n) is 3.80. The second-order valence-electron chi connectivity index (χ2n) is 6.49. The van der Waals surface area contributed by atoms with Gasteiger partial charge in [0.25, 0.3) is 0 Å². The molecule has 2 aliphatic rings. The highest BCUT2D eigenvalue weighted by Crippen LogP contribution is 2.43. The van der Waals surface area contributed by atoms with Crippen LogP contribution in [0.5, 0.6) is 0 Å². The minimum atomic E-state index is -0.836. The van der Waals surface area contributed by atoms with Crippen molar-refractivity contribution >= 4 is 6.09 Å². The topological polar surface area (TPSA) is 59.0 Å². The van der Waals surface area contributed by atoms with E-state index in [1.54, 1.807) is 0 Å². The van der Waals surface area contributed by atoms with Gasteiger partial charge in [0.2, 0.25) is 0 Å². The molecule has 5 heteroatoms. The lowest BCUT2D eigenvalue weighted by Crippen LogP contribution is -2.52. The summed E-state index contributed by atoms with van der Waals surface area (Å²) >= 11 is 0. The van der Waals surface area contributed by atoms with E-state index in [-0.39, 0.29) is 17.8 Å². The van der Waals surface area contributed by atoms with Crippen molar-refractivity contribution in [2.75, 3.05) is 19.7 Å². The molecule has 0 radical (unpaired) electrons.